The number of benzene rings is 2. The van der Waals surface area contributed by atoms with Gasteiger partial charge in [-0.15, -0.1) is 0 Å². The van der Waals surface area contributed by atoms with Crippen LogP contribution in [0.4, 0.5) is 5.69 Å². The highest BCUT2D eigenvalue weighted by Gasteiger charge is 2.43. The number of hydrogen-bond donors (Lipinski definition) is 2. The van der Waals surface area contributed by atoms with Gasteiger partial charge >= 0.3 is 0 Å². The van der Waals surface area contributed by atoms with Gasteiger partial charge in [0.05, 0.1) is 24.1 Å². The maximum Gasteiger partial charge on any atom is 0.271 e. The molecule has 2 aromatic rings. The maximum atomic E-state index is 12.7. The SMILES string of the molecule is COc1ccc(NC(=O)CC2C(=O)N(C)C(=S)N2NC(=O)c2ccc(Cl)cc2Cl)cc1. The number of ether oxygens (including phenoxy) is 1. The van der Waals surface area contributed by atoms with E-state index >= 15 is 0 Å². The number of methoxy groups -OCH3 is 1. The number of hydrogen-bond acceptors (Lipinski definition) is 5. The lowest BCUT2D eigenvalue weighted by molar-refractivity contribution is -0.130. The number of hydrazine groups is 1. The van der Waals surface area contributed by atoms with Crippen LogP contribution in [-0.2, 0) is 9.59 Å². The fraction of sp³-hybridized carbons (Fsp3) is 0.200. The van der Waals surface area contributed by atoms with Gasteiger partial charge in [-0.05, 0) is 54.7 Å². The van der Waals surface area contributed by atoms with Crippen LogP contribution >= 0.6 is 35.4 Å². The van der Waals surface area contributed by atoms with Gasteiger partial charge in [-0.1, -0.05) is 23.2 Å². The highest BCUT2D eigenvalue weighted by Crippen LogP contribution is 2.23. The summed E-state index contributed by atoms with van der Waals surface area (Å²) in [6.45, 7) is 0. The fourth-order valence-electron chi connectivity index (χ4n) is 2.93. The first kappa shape index (κ1) is 22.8. The van der Waals surface area contributed by atoms with Gasteiger partial charge in [0.15, 0.2) is 5.11 Å². The number of likely N-dealkylation sites (N-methyl/N-ethyl adjacent to an activating group) is 1. The molecule has 1 fully saturated rings. The van der Waals surface area contributed by atoms with E-state index in [9.17, 15) is 14.4 Å². The molecule has 8 nitrogen and oxygen atoms in total. The lowest BCUT2D eigenvalue weighted by atomic mass is 10.2. The Morgan fingerprint density at radius 1 is 1.16 bits per heavy atom. The molecule has 31 heavy (non-hydrogen) atoms. The topological polar surface area (TPSA) is 91.0 Å². The molecule has 1 unspecified atom stereocenters. The second-order valence-corrected chi connectivity index (χ2v) is 7.82. The number of nitrogens with one attached hydrogen (secondary N) is 2. The van der Waals surface area contributed by atoms with E-state index in [0.29, 0.717) is 16.5 Å². The average Bonchev–Trinajstić information content (AvgIpc) is 2.92. The lowest BCUT2D eigenvalue weighted by Crippen LogP contribution is -2.49. The minimum absolute atomic E-state index is 0.0608. The quantitative estimate of drug-likeness (QED) is 0.617. The summed E-state index contributed by atoms with van der Waals surface area (Å²) in [5, 5.41) is 4.48. The van der Waals surface area contributed by atoms with Crippen molar-refractivity contribution in [3.8, 4) is 5.75 Å². The monoisotopic (exact) mass is 480 g/mol. The van der Waals surface area contributed by atoms with Crippen LogP contribution in [0.15, 0.2) is 42.5 Å². The van der Waals surface area contributed by atoms with Gasteiger partial charge in [0.2, 0.25) is 5.91 Å². The van der Waals surface area contributed by atoms with Crippen LogP contribution in [0.2, 0.25) is 10.0 Å². The van der Waals surface area contributed by atoms with Crippen LogP contribution in [0.25, 0.3) is 0 Å². The van der Waals surface area contributed by atoms with Crippen LogP contribution < -0.4 is 15.5 Å². The highest BCUT2D eigenvalue weighted by atomic mass is 35.5. The van der Waals surface area contributed by atoms with Crippen molar-refractivity contribution >= 4 is 63.9 Å². The number of halogens is 2. The first-order chi connectivity index (χ1) is 14.7. The summed E-state index contributed by atoms with van der Waals surface area (Å²) in [5.74, 6) is -0.791. The van der Waals surface area contributed by atoms with Crippen LogP contribution in [0, 0.1) is 0 Å². The Balaban J connectivity index is 1.73. The summed E-state index contributed by atoms with van der Waals surface area (Å²) in [6, 6.07) is 10.1. The Morgan fingerprint density at radius 3 is 2.45 bits per heavy atom. The zero-order chi connectivity index (χ0) is 22.7. The molecule has 3 amide bonds. The minimum Gasteiger partial charge on any atom is -0.497 e. The van der Waals surface area contributed by atoms with Crippen LogP contribution in [0.3, 0.4) is 0 Å². The average molecular weight is 481 g/mol. The molecule has 3 rings (SSSR count). The summed E-state index contributed by atoms with van der Waals surface area (Å²) in [4.78, 5) is 39.1. The van der Waals surface area contributed by atoms with Crippen molar-refractivity contribution in [3.63, 3.8) is 0 Å². The summed E-state index contributed by atoms with van der Waals surface area (Å²) in [6.07, 6.45) is -0.232. The van der Waals surface area contributed by atoms with E-state index < -0.39 is 23.8 Å². The second kappa shape index (κ2) is 9.51. The number of anilines is 1. The summed E-state index contributed by atoms with van der Waals surface area (Å²) >= 11 is 17.2. The van der Waals surface area contributed by atoms with E-state index in [1.165, 1.54) is 35.2 Å². The van der Waals surface area contributed by atoms with Gasteiger partial charge in [0, 0.05) is 17.8 Å². The fourth-order valence-corrected chi connectivity index (χ4v) is 3.69. The first-order valence-electron chi connectivity index (χ1n) is 9.02. The van der Waals surface area contributed by atoms with Crippen molar-refractivity contribution in [2.75, 3.05) is 19.5 Å². The van der Waals surface area contributed by atoms with Crippen LogP contribution in [0.1, 0.15) is 16.8 Å². The molecule has 0 saturated carbocycles. The molecule has 1 aliphatic rings. The Morgan fingerprint density at radius 2 is 1.84 bits per heavy atom. The number of rotatable bonds is 6. The number of thiocarbonyl (C=S) groups is 1. The smallest absolute Gasteiger partial charge is 0.271 e. The van der Waals surface area contributed by atoms with Gasteiger partial charge in [-0.25, -0.2) is 5.01 Å². The molecule has 1 aliphatic heterocycles. The van der Waals surface area contributed by atoms with Gasteiger partial charge < -0.3 is 10.1 Å². The van der Waals surface area contributed by atoms with E-state index in [1.807, 2.05) is 0 Å². The molecule has 2 N–H and O–H groups in total. The van der Waals surface area contributed by atoms with E-state index in [1.54, 1.807) is 31.4 Å². The molecular formula is C20H18Cl2N4O4S. The molecule has 1 atom stereocenters. The normalized spacial score (nSPS) is 15.8. The van der Waals surface area contributed by atoms with Crippen molar-refractivity contribution in [1.82, 2.24) is 15.3 Å². The van der Waals surface area contributed by atoms with Gasteiger partial charge in [-0.2, -0.15) is 0 Å². The van der Waals surface area contributed by atoms with Crippen molar-refractivity contribution in [2.45, 2.75) is 12.5 Å². The molecule has 11 heteroatoms. The molecule has 162 valence electrons. The molecule has 1 saturated heterocycles. The number of amides is 3. The minimum atomic E-state index is -1.01. The Bertz CT molecular complexity index is 1050. The van der Waals surface area contributed by atoms with Crippen molar-refractivity contribution in [3.05, 3.63) is 58.1 Å². The standard InChI is InChI=1S/C20H18Cl2N4O4S/c1-25-19(29)16(10-17(27)23-12-4-6-13(30-2)7-5-12)26(20(25)31)24-18(28)14-8-3-11(21)9-15(14)22/h3-9,16H,10H2,1-2H3,(H,23,27)(H,24,28). The Labute approximate surface area is 194 Å². The summed E-state index contributed by atoms with van der Waals surface area (Å²) in [5.41, 5.74) is 3.26. The predicted molar refractivity (Wildman–Crippen MR) is 121 cm³/mol. The molecule has 0 aromatic heterocycles. The molecule has 0 bridgehead atoms. The zero-order valence-corrected chi connectivity index (χ0v) is 18.8. The molecule has 0 aliphatic carbocycles. The molecule has 0 spiro atoms. The third-order valence-corrected chi connectivity index (χ3v) is 5.59. The third-order valence-electron chi connectivity index (χ3n) is 4.57. The second-order valence-electron chi connectivity index (χ2n) is 6.61. The van der Waals surface area contributed by atoms with Crippen molar-refractivity contribution in [2.24, 2.45) is 0 Å². The van der Waals surface area contributed by atoms with E-state index in [0.717, 1.165) is 0 Å². The first-order valence-corrected chi connectivity index (χ1v) is 10.2. The zero-order valence-electron chi connectivity index (χ0n) is 16.5. The largest absolute Gasteiger partial charge is 0.497 e. The number of carbonyl (C=O) groups is 3. The van der Waals surface area contributed by atoms with Gasteiger partial charge in [0.1, 0.15) is 11.8 Å². The van der Waals surface area contributed by atoms with E-state index in [-0.39, 0.29) is 22.1 Å². The van der Waals surface area contributed by atoms with E-state index in [4.69, 9.17) is 40.2 Å². The van der Waals surface area contributed by atoms with Crippen molar-refractivity contribution < 1.29 is 19.1 Å². The van der Waals surface area contributed by atoms with Crippen LogP contribution in [-0.4, -0.2) is 52.9 Å². The predicted octanol–water partition coefficient (Wildman–Crippen LogP) is 3.10. The number of carbonyl (C=O) groups excluding carboxylic acids is 3. The van der Waals surface area contributed by atoms with Crippen LogP contribution in [0.5, 0.6) is 5.75 Å². The third kappa shape index (κ3) is 5.07. The Kier molecular flexibility index (Phi) is 6.99. The molecule has 0 radical (unpaired) electrons. The molecule has 1 heterocycles. The van der Waals surface area contributed by atoms with Gasteiger partial charge in [0.25, 0.3) is 11.8 Å². The number of nitrogens with zero attached hydrogens (tertiary/aromatic N) is 2. The highest BCUT2D eigenvalue weighted by molar-refractivity contribution is 7.80. The van der Waals surface area contributed by atoms with Crippen molar-refractivity contribution in [1.29, 1.82) is 0 Å². The lowest BCUT2D eigenvalue weighted by Gasteiger charge is -2.24. The maximum absolute atomic E-state index is 12.7. The Hall–Kier alpha value is -2.88. The summed E-state index contributed by atoms with van der Waals surface area (Å²) < 4.78 is 5.08. The van der Waals surface area contributed by atoms with Gasteiger partial charge in [-0.3, -0.25) is 24.7 Å². The molecule has 2 aromatic carbocycles. The molecular weight excluding hydrogens is 463 g/mol. The van der Waals surface area contributed by atoms with E-state index in [2.05, 4.69) is 10.7 Å². The summed E-state index contributed by atoms with van der Waals surface area (Å²) in [7, 11) is 3.01.